The molecule has 2 N–H and O–H groups in total. The van der Waals surface area contributed by atoms with E-state index in [4.69, 9.17) is 4.74 Å². The van der Waals surface area contributed by atoms with E-state index in [-0.39, 0.29) is 0 Å². The molecule has 0 aromatic heterocycles. The standard InChI is InChI=1S/C13H26N2O2/c1-4-14-9-12(2)10-15(3)11-13(16)5-7-17-8-6-13/h14,16H,2,4-11H2,1,3H3. The van der Waals surface area contributed by atoms with E-state index in [2.05, 4.69) is 23.7 Å². The summed E-state index contributed by atoms with van der Waals surface area (Å²) in [5.74, 6) is 0. The van der Waals surface area contributed by atoms with Gasteiger partial charge in [0.25, 0.3) is 0 Å². The highest BCUT2D eigenvalue weighted by molar-refractivity contribution is 5.00. The van der Waals surface area contributed by atoms with E-state index in [0.29, 0.717) is 19.8 Å². The average molecular weight is 242 g/mol. The smallest absolute Gasteiger partial charge is 0.0817 e. The molecule has 4 heteroatoms. The van der Waals surface area contributed by atoms with Gasteiger partial charge in [0.15, 0.2) is 0 Å². The van der Waals surface area contributed by atoms with Crippen LogP contribution in [0.4, 0.5) is 0 Å². The van der Waals surface area contributed by atoms with Crippen LogP contribution in [-0.2, 0) is 4.74 Å². The first-order chi connectivity index (χ1) is 8.06. The van der Waals surface area contributed by atoms with Gasteiger partial charge in [0.05, 0.1) is 5.60 Å². The molecule has 1 aliphatic heterocycles. The summed E-state index contributed by atoms with van der Waals surface area (Å²) in [6.07, 6.45) is 1.47. The van der Waals surface area contributed by atoms with E-state index in [0.717, 1.165) is 38.0 Å². The Hall–Kier alpha value is -0.420. The molecule has 100 valence electrons. The zero-order valence-electron chi connectivity index (χ0n) is 11.2. The topological polar surface area (TPSA) is 44.7 Å². The number of hydrogen-bond donors (Lipinski definition) is 2. The third kappa shape index (κ3) is 5.64. The highest BCUT2D eigenvalue weighted by Crippen LogP contribution is 2.21. The number of rotatable bonds is 7. The molecule has 1 fully saturated rings. The number of likely N-dealkylation sites (N-methyl/N-ethyl adjacent to an activating group) is 2. The minimum atomic E-state index is -0.578. The molecule has 0 unspecified atom stereocenters. The van der Waals surface area contributed by atoms with Crippen LogP contribution in [0.2, 0.25) is 0 Å². The lowest BCUT2D eigenvalue weighted by Crippen LogP contribution is -2.46. The summed E-state index contributed by atoms with van der Waals surface area (Å²) < 4.78 is 5.27. The molecule has 0 spiro atoms. The molecule has 0 bridgehead atoms. The maximum atomic E-state index is 10.4. The normalized spacial score (nSPS) is 19.5. The second-order valence-corrected chi connectivity index (χ2v) is 5.04. The molecule has 1 aliphatic rings. The molecule has 17 heavy (non-hydrogen) atoms. The molecule has 1 rings (SSSR count). The summed E-state index contributed by atoms with van der Waals surface area (Å²) in [6, 6.07) is 0. The van der Waals surface area contributed by atoms with Crippen molar-refractivity contribution in [3.8, 4) is 0 Å². The molecule has 4 nitrogen and oxygen atoms in total. The lowest BCUT2D eigenvalue weighted by molar-refractivity contribution is -0.0759. The molecular formula is C13H26N2O2. The fraction of sp³-hybridized carbons (Fsp3) is 0.846. The van der Waals surface area contributed by atoms with Gasteiger partial charge in [-0.1, -0.05) is 13.5 Å². The monoisotopic (exact) mass is 242 g/mol. The van der Waals surface area contributed by atoms with E-state index < -0.39 is 5.60 Å². The highest BCUT2D eigenvalue weighted by Gasteiger charge is 2.30. The molecule has 0 radical (unpaired) electrons. The minimum absolute atomic E-state index is 0.578. The van der Waals surface area contributed by atoms with Gasteiger partial charge in [0.1, 0.15) is 0 Å². The van der Waals surface area contributed by atoms with Gasteiger partial charge in [-0.05, 0) is 19.2 Å². The van der Waals surface area contributed by atoms with Crippen LogP contribution < -0.4 is 5.32 Å². The molecular weight excluding hydrogens is 216 g/mol. The number of nitrogens with one attached hydrogen (secondary N) is 1. The van der Waals surface area contributed by atoms with Crippen molar-refractivity contribution < 1.29 is 9.84 Å². The van der Waals surface area contributed by atoms with Crippen molar-refractivity contribution in [3.05, 3.63) is 12.2 Å². The van der Waals surface area contributed by atoms with Gasteiger partial charge in [0.2, 0.25) is 0 Å². The molecule has 0 amide bonds. The van der Waals surface area contributed by atoms with Crippen LogP contribution in [0.15, 0.2) is 12.2 Å². The van der Waals surface area contributed by atoms with Crippen molar-refractivity contribution in [1.29, 1.82) is 0 Å². The molecule has 0 aliphatic carbocycles. The van der Waals surface area contributed by atoms with E-state index in [1.807, 2.05) is 7.05 Å². The van der Waals surface area contributed by atoms with E-state index in [1.165, 1.54) is 0 Å². The Morgan fingerprint density at radius 2 is 2.12 bits per heavy atom. The molecule has 0 atom stereocenters. The first-order valence-electron chi connectivity index (χ1n) is 6.42. The van der Waals surface area contributed by atoms with Crippen LogP contribution >= 0.6 is 0 Å². The van der Waals surface area contributed by atoms with Crippen molar-refractivity contribution in [2.75, 3.05) is 46.4 Å². The van der Waals surface area contributed by atoms with E-state index >= 15 is 0 Å². The summed E-state index contributed by atoms with van der Waals surface area (Å²) >= 11 is 0. The van der Waals surface area contributed by atoms with Crippen molar-refractivity contribution in [1.82, 2.24) is 10.2 Å². The molecule has 1 saturated heterocycles. The van der Waals surface area contributed by atoms with Crippen LogP contribution in [0, 0.1) is 0 Å². The Morgan fingerprint density at radius 3 is 2.71 bits per heavy atom. The number of nitrogens with zero attached hydrogens (tertiary/aromatic N) is 1. The minimum Gasteiger partial charge on any atom is -0.388 e. The lowest BCUT2D eigenvalue weighted by atomic mass is 9.94. The van der Waals surface area contributed by atoms with Gasteiger partial charge in [-0.15, -0.1) is 0 Å². The van der Waals surface area contributed by atoms with Gasteiger partial charge >= 0.3 is 0 Å². The third-order valence-electron chi connectivity index (χ3n) is 3.11. The SMILES string of the molecule is C=C(CNCC)CN(C)CC1(O)CCOCC1. The quantitative estimate of drug-likeness (QED) is 0.643. The first-order valence-corrected chi connectivity index (χ1v) is 6.42. The van der Waals surface area contributed by atoms with Gasteiger partial charge in [-0.3, -0.25) is 4.90 Å². The number of hydrogen-bond acceptors (Lipinski definition) is 4. The second-order valence-electron chi connectivity index (χ2n) is 5.04. The van der Waals surface area contributed by atoms with Crippen LogP contribution in [0.5, 0.6) is 0 Å². The van der Waals surface area contributed by atoms with Gasteiger partial charge in [0, 0.05) is 45.7 Å². The van der Waals surface area contributed by atoms with Crippen molar-refractivity contribution in [2.24, 2.45) is 0 Å². The van der Waals surface area contributed by atoms with Gasteiger partial charge < -0.3 is 15.2 Å². The lowest BCUT2D eigenvalue weighted by Gasteiger charge is -2.35. The number of aliphatic hydroxyl groups is 1. The Morgan fingerprint density at radius 1 is 1.47 bits per heavy atom. The summed E-state index contributed by atoms with van der Waals surface area (Å²) in [5.41, 5.74) is 0.580. The van der Waals surface area contributed by atoms with Crippen LogP contribution in [0.1, 0.15) is 19.8 Å². The molecule has 0 saturated carbocycles. The summed E-state index contributed by atoms with van der Waals surface area (Å²) in [6.45, 7) is 10.8. The molecule has 0 aromatic carbocycles. The van der Waals surface area contributed by atoms with Crippen LogP contribution in [0.25, 0.3) is 0 Å². The van der Waals surface area contributed by atoms with Crippen molar-refractivity contribution >= 4 is 0 Å². The fourth-order valence-electron chi connectivity index (χ4n) is 2.21. The first kappa shape index (κ1) is 14.6. The molecule has 1 heterocycles. The summed E-state index contributed by atoms with van der Waals surface area (Å²) in [4.78, 5) is 2.14. The summed E-state index contributed by atoms with van der Waals surface area (Å²) in [5, 5.41) is 13.6. The van der Waals surface area contributed by atoms with Crippen molar-refractivity contribution in [3.63, 3.8) is 0 Å². The second kappa shape index (κ2) is 7.11. The Bertz CT molecular complexity index is 238. The number of ether oxygens (including phenoxy) is 1. The van der Waals surface area contributed by atoms with E-state index in [1.54, 1.807) is 0 Å². The Kier molecular flexibility index (Phi) is 6.12. The van der Waals surface area contributed by atoms with Gasteiger partial charge in [-0.2, -0.15) is 0 Å². The third-order valence-corrected chi connectivity index (χ3v) is 3.11. The van der Waals surface area contributed by atoms with Crippen LogP contribution in [0.3, 0.4) is 0 Å². The fourth-order valence-corrected chi connectivity index (χ4v) is 2.21. The van der Waals surface area contributed by atoms with Crippen molar-refractivity contribution in [2.45, 2.75) is 25.4 Å². The maximum Gasteiger partial charge on any atom is 0.0817 e. The van der Waals surface area contributed by atoms with Crippen LogP contribution in [-0.4, -0.2) is 62.0 Å². The maximum absolute atomic E-state index is 10.4. The molecule has 0 aromatic rings. The average Bonchev–Trinajstić information content (AvgIpc) is 2.26. The highest BCUT2D eigenvalue weighted by atomic mass is 16.5. The van der Waals surface area contributed by atoms with E-state index in [9.17, 15) is 5.11 Å². The zero-order chi connectivity index (χ0) is 12.7. The predicted octanol–water partition coefficient (Wildman–Crippen LogP) is 0.625. The summed E-state index contributed by atoms with van der Waals surface area (Å²) in [7, 11) is 2.03. The Labute approximate surface area is 105 Å². The largest absolute Gasteiger partial charge is 0.388 e. The zero-order valence-corrected chi connectivity index (χ0v) is 11.2. The Balaban J connectivity index is 2.27. The predicted molar refractivity (Wildman–Crippen MR) is 70.2 cm³/mol. The van der Waals surface area contributed by atoms with Gasteiger partial charge in [-0.25, -0.2) is 0 Å².